The highest BCUT2D eigenvalue weighted by Crippen LogP contribution is 2.26. The van der Waals surface area contributed by atoms with Crippen molar-refractivity contribution >= 4 is 34.3 Å². The Morgan fingerprint density at radius 3 is 2.92 bits per heavy atom. The Bertz CT molecular complexity index is 939. The molecule has 0 aliphatic carbocycles. The van der Waals surface area contributed by atoms with Gasteiger partial charge in [0.2, 0.25) is 11.3 Å². The minimum absolute atomic E-state index is 0.0360. The zero-order valence-corrected chi connectivity index (χ0v) is 14.5. The van der Waals surface area contributed by atoms with Gasteiger partial charge in [0.05, 0.1) is 5.52 Å². The number of carbonyl (C=O) groups is 2. The van der Waals surface area contributed by atoms with Crippen molar-refractivity contribution in [1.29, 1.82) is 0 Å². The molecule has 1 N–H and O–H groups in total. The first-order chi connectivity index (χ1) is 12.0. The number of hydrogen-bond acceptors (Lipinski definition) is 3. The van der Waals surface area contributed by atoms with E-state index in [1.54, 1.807) is 25.1 Å². The van der Waals surface area contributed by atoms with Crippen molar-refractivity contribution in [3.05, 3.63) is 45.2 Å². The van der Waals surface area contributed by atoms with Crippen molar-refractivity contribution in [2.45, 2.75) is 31.8 Å². The molecule has 2 saturated heterocycles. The molecule has 2 aliphatic rings. The van der Waals surface area contributed by atoms with Crippen LogP contribution >= 0.6 is 11.6 Å². The van der Waals surface area contributed by atoms with Crippen LogP contribution in [0, 0.1) is 0 Å². The van der Waals surface area contributed by atoms with Crippen molar-refractivity contribution in [1.82, 2.24) is 14.8 Å². The van der Waals surface area contributed by atoms with Gasteiger partial charge in [0.15, 0.2) is 0 Å². The summed E-state index contributed by atoms with van der Waals surface area (Å²) in [6.07, 6.45) is 3.28. The number of H-pyrrole nitrogens is 1. The van der Waals surface area contributed by atoms with E-state index >= 15 is 0 Å². The summed E-state index contributed by atoms with van der Waals surface area (Å²) in [6, 6.07) is 4.39. The van der Waals surface area contributed by atoms with Gasteiger partial charge in [0.1, 0.15) is 11.6 Å². The molecule has 2 aliphatic heterocycles. The van der Waals surface area contributed by atoms with E-state index in [2.05, 4.69) is 4.98 Å². The Balaban J connectivity index is 1.72. The molecule has 0 saturated carbocycles. The highest BCUT2D eigenvalue weighted by atomic mass is 35.5. The van der Waals surface area contributed by atoms with E-state index in [9.17, 15) is 14.4 Å². The molecule has 0 radical (unpaired) electrons. The van der Waals surface area contributed by atoms with Crippen LogP contribution < -0.4 is 5.43 Å². The number of nitrogens with zero attached hydrogens (tertiary/aromatic N) is 2. The molecule has 1 aromatic heterocycles. The molecule has 3 heterocycles. The lowest BCUT2D eigenvalue weighted by Gasteiger charge is -2.41. The van der Waals surface area contributed by atoms with E-state index in [4.69, 9.17) is 11.6 Å². The molecule has 0 bridgehead atoms. The van der Waals surface area contributed by atoms with E-state index in [1.165, 1.54) is 11.1 Å². The number of nitrogens with one attached hydrogen (secondary N) is 1. The third kappa shape index (κ3) is 2.52. The molecule has 2 aromatic rings. The standard InChI is InChI=1S/C18H18ClN3O3/c1-10-17(24)21-6-2-3-12(21)9-22(10)18(25)14-8-20-15-7-11(19)4-5-13(15)16(14)23/h4-5,7-8,10,12H,2-3,6,9H2,1H3,(H,20,23)/t10-,12-/m1/s1. The van der Waals surface area contributed by atoms with E-state index in [0.29, 0.717) is 22.5 Å². The van der Waals surface area contributed by atoms with E-state index < -0.39 is 11.9 Å². The van der Waals surface area contributed by atoms with Gasteiger partial charge >= 0.3 is 0 Å². The van der Waals surface area contributed by atoms with Crippen LogP contribution in [-0.4, -0.2) is 51.8 Å². The number of rotatable bonds is 1. The van der Waals surface area contributed by atoms with E-state index in [1.807, 2.05) is 4.90 Å². The van der Waals surface area contributed by atoms with Crippen LogP contribution in [0.15, 0.2) is 29.2 Å². The number of halogens is 1. The summed E-state index contributed by atoms with van der Waals surface area (Å²) in [5, 5.41) is 0.924. The summed E-state index contributed by atoms with van der Waals surface area (Å²) in [6.45, 7) is 2.96. The van der Waals surface area contributed by atoms with Crippen LogP contribution in [0.2, 0.25) is 5.02 Å². The fraction of sp³-hybridized carbons (Fsp3) is 0.389. The first-order valence-electron chi connectivity index (χ1n) is 8.40. The van der Waals surface area contributed by atoms with Crippen molar-refractivity contribution in [2.75, 3.05) is 13.1 Å². The van der Waals surface area contributed by atoms with Gasteiger partial charge in [-0.3, -0.25) is 14.4 Å². The third-order valence-corrected chi connectivity index (χ3v) is 5.46. The first-order valence-corrected chi connectivity index (χ1v) is 8.77. The molecular formula is C18H18ClN3O3. The van der Waals surface area contributed by atoms with Gasteiger partial charge in [0.25, 0.3) is 5.91 Å². The lowest BCUT2D eigenvalue weighted by atomic mass is 10.0. The molecule has 0 unspecified atom stereocenters. The Kier molecular flexibility index (Phi) is 3.80. The van der Waals surface area contributed by atoms with Gasteiger partial charge in [-0.15, -0.1) is 0 Å². The SMILES string of the molecule is C[C@@H]1C(=O)N2CCC[C@@H]2CN1C(=O)c1c[nH]c2cc(Cl)ccc2c1=O. The summed E-state index contributed by atoms with van der Waals surface area (Å²) in [5.41, 5.74) is 0.295. The van der Waals surface area contributed by atoms with E-state index in [-0.39, 0.29) is 22.9 Å². The number of pyridine rings is 1. The van der Waals surface area contributed by atoms with Gasteiger partial charge in [-0.25, -0.2) is 0 Å². The topological polar surface area (TPSA) is 73.5 Å². The Morgan fingerprint density at radius 1 is 1.32 bits per heavy atom. The van der Waals surface area contributed by atoms with Crippen LogP contribution in [-0.2, 0) is 4.79 Å². The largest absolute Gasteiger partial charge is 0.360 e. The molecule has 2 atom stereocenters. The van der Waals surface area contributed by atoms with Gasteiger partial charge in [-0.05, 0) is 38.0 Å². The molecule has 1 aromatic carbocycles. The fourth-order valence-electron chi connectivity index (χ4n) is 3.84. The molecule has 2 fully saturated rings. The Hall–Kier alpha value is -2.34. The number of carbonyl (C=O) groups excluding carboxylic acids is 2. The normalized spacial score (nSPS) is 23.2. The van der Waals surface area contributed by atoms with Crippen molar-refractivity contribution < 1.29 is 9.59 Å². The fourth-order valence-corrected chi connectivity index (χ4v) is 4.01. The molecule has 7 heteroatoms. The van der Waals surface area contributed by atoms with Crippen LogP contribution in [0.5, 0.6) is 0 Å². The zero-order chi connectivity index (χ0) is 17.7. The maximum atomic E-state index is 13.0. The number of aromatic amines is 1. The summed E-state index contributed by atoms with van der Waals surface area (Å²) in [5.74, 6) is -0.434. The minimum Gasteiger partial charge on any atom is -0.360 e. The van der Waals surface area contributed by atoms with Gasteiger partial charge < -0.3 is 14.8 Å². The summed E-state index contributed by atoms with van der Waals surface area (Å²) in [7, 11) is 0. The molecular weight excluding hydrogens is 342 g/mol. The smallest absolute Gasteiger partial charge is 0.260 e. The van der Waals surface area contributed by atoms with Gasteiger partial charge in [-0.1, -0.05) is 11.6 Å². The highest BCUT2D eigenvalue weighted by molar-refractivity contribution is 6.31. The molecule has 130 valence electrons. The second-order valence-electron chi connectivity index (χ2n) is 6.68. The minimum atomic E-state index is -0.554. The lowest BCUT2D eigenvalue weighted by molar-refractivity contribution is -0.141. The number of fused-ring (bicyclic) bond motifs is 2. The average Bonchev–Trinajstić information content (AvgIpc) is 3.06. The summed E-state index contributed by atoms with van der Waals surface area (Å²) >= 11 is 5.94. The average molecular weight is 360 g/mol. The maximum Gasteiger partial charge on any atom is 0.260 e. The van der Waals surface area contributed by atoms with Crippen LogP contribution in [0.3, 0.4) is 0 Å². The lowest BCUT2D eigenvalue weighted by Crippen LogP contribution is -2.60. The monoisotopic (exact) mass is 359 g/mol. The first kappa shape index (κ1) is 16.1. The number of benzene rings is 1. The number of amides is 2. The Morgan fingerprint density at radius 2 is 2.12 bits per heavy atom. The molecule has 0 spiro atoms. The van der Waals surface area contributed by atoms with Crippen molar-refractivity contribution in [2.24, 2.45) is 0 Å². The quantitative estimate of drug-likeness (QED) is 0.846. The van der Waals surface area contributed by atoms with Crippen LogP contribution in [0.1, 0.15) is 30.1 Å². The highest BCUT2D eigenvalue weighted by Gasteiger charge is 2.42. The zero-order valence-electron chi connectivity index (χ0n) is 13.8. The second kappa shape index (κ2) is 5.88. The summed E-state index contributed by atoms with van der Waals surface area (Å²) < 4.78 is 0. The molecule has 25 heavy (non-hydrogen) atoms. The van der Waals surface area contributed by atoms with Gasteiger partial charge in [-0.2, -0.15) is 0 Å². The number of piperazine rings is 1. The predicted octanol–water partition coefficient (Wildman–Crippen LogP) is 2.02. The predicted molar refractivity (Wildman–Crippen MR) is 94.8 cm³/mol. The second-order valence-corrected chi connectivity index (χ2v) is 7.12. The summed E-state index contributed by atoms with van der Waals surface area (Å²) in [4.78, 5) is 44.6. The van der Waals surface area contributed by atoms with Crippen molar-refractivity contribution in [3.8, 4) is 0 Å². The van der Waals surface area contributed by atoms with Crippen molar-refractivity contribution in [3.63, 3.8) is 0 Å². The van der Waals surface area contributed by atoms with Crippen LogP contribution in [0.4, 0.5) is 0 Å². The maximum absolute atomic E-state index is 13.0. The number of hydrogen-bond donors (Lipinski definition) is 1. The Labute approximate surface area is 149 Å². The van der Waals surface area contributed by atoms with E-state index in [0.717, 1.165) is 19.4 Å². The number of aromatic nitrogens is 1. The molecule has 6 nitrogen and oxygen atoms in total. The molecule has 4 rings (SSSR count). The van der Waals surface area contributed by atoms with Gasteiger partial charge in [0, 0.05) is 35.7 Å². The van der Waals surface area contributed by atoms with Crippen LogP contribution in [0.25, 0.3) is 10.9 Å². The molecule has 2 amide bonds. The third-order valence-electron chi connectivity index (χ3n) is 5.23.